The van der Waals surface area contributed by atoms with E-state index in [9.17, 15) is 0 Å². The summed E-state index contributed by atoms with van der Waals surface area (Å²) in [5, 5.41) is 4.27. The molecule has 0 aliphatic rings. The zero-order chi connectivity index (χ0) is 13.8. The highest BCUT2D eigenvalue weighted by Crippen LogP contribution is 2.36. The minimum absolute atomic E-state index is 0.505. The summed E-state index contributed by atoms with van der Waals surface area (Å²) in [5.41, 5.74) is 1.85. The van der Waals surface area contributed by atoms with Crippen molar-refractivity contribution >= 4 is 44.8 Å². The van der Waals surface area contributed by atoms with Gasteiger partial charge < -0.3 is 10.1 Å². The lowest BCUT2D eigenvalue weighted by Crippen LogP contribution is -2.02. The molecule has 0 saturated heterocycles. The molecule has 5 heteroatoms. The number of benzene rings is 2. The van der Waals surface area contributed by atoms with E-state index in [0.29, 0.717) is 16.6 Å². The van der Waals surface area contributed by atoms with Gasteiger partial charge >= 0.3 is 0 Å². The molecular formula is C14H12BrCl2NO. The zero-order valence-electron chi connectivity index (χ0n) is 10.2. The number of ether oxygens (including phenoxy) is 1. The van der Waals surface area contributed by atoms with Crippen molar-refractivity contribution < 1.29 is 4.74 Å². The van der Waals surface area contributed by atoms with Crippen LogP contribution < -0.4 is 10.1 Å². The van der Waals surface area contributed by atoms with Gasteiger partial charge in [-0.1, -0.05) is 41.4 Å². The van der Waals surface area contributed by atoms with Gasteiger partial charge in [-0.2, -0.15) is 0 Å². The number of para-hydroxylation sites is 1. The first-order chi connectivity index (χ1) is 9.13. The second-order valence-electron chi connectivity index (χ2n) is 3.89. The van der Waals surface area contributed by atoms with Gasteiger partial charge in [-0.25, -0.2) is 0 Å². The number of rotatable bonds is 4. The van der Waals surface area contributed by atoms with Crippen LogP contribution in [-0.2, 0) is 6.54 Å². The molecule has 0 aromatic heterocycles. The average Bonchev–Trinajstić information content (AvgIpc) is 2.44. The largest absolute Gasteiger partial charge is 0.496 e. The molecule has 0 bridgehead atoms. The first-order valence-corrected chi connectivity index (χ1v) is 7.17. The number of methoxy groups -OCH3 is 1. The smallest absolute Gasteiger partial charge is 0.123 e. The van der Waals surface area contributed by atoms with Gasteiger partial charge in [0.1, 0.15) is 5.75 Å². The summed E-state index contributed by atoms with van der Waals surface area (Å²) in [7, 11) is 1.66. The predicted octanol–water partition coefficient (Wildman–Crippen LogP) is 5.38. The van der Waals surface area contributed by atoms with Gasteiger partial charge in [0.15, 0.2) is 0 Å². The van der Waals surface area contributed by atoms with Crippen LogP contribution in [0, 0.1) is 0 Å². The Morgan fingerprint density at radius 2 is 1.84 bits per heavy atom. The number of hydrogen-bond donors (Lipinski definition) is 1. The molecule has 0 amide bonds. The van der Waals surface area contributed by atoms with Crippen LogP contribution in [0.3, 0.4) is 0 Å². The lowest BCUT2D eigenvalue weighted by Gasteiger charge is -2.12. The van der Waals surface area contributed by atoms with Gasteiger partial charge in [0.2, 0.25) is 0 Å². The Kier molecular flexibility index (Phi) is 4.97. The Balaban J connectivity index is 2.17. The minimum atomic E-state index is 0.505. The normalized spacial score (nSPS) is 10.3. The minimum Gasteiger partial charge on any atom is -0.496 e. The van der Waals surface area contributed by atoms with E-state index in [4.69, 9.17) is 27.9 Å². The van der Waals surface area contributed by atoms with E-state index in [0.717, 1.165) is 21.5 Å². The summed E-state index contributed by atoms with van der Waals surface area (Å²) in [5.74, 6) is 0.842. The molecule has 0 radical (unpaired) electrons. The Morgan fingerprint density at radius 1 is 1.11 bits per heavy atom. The van der Waals surface area contributed by atoms with Crippen molar-refractivity contribution in [3.63, 3.8) is 0 Å². The van der Waals surface area contributed by atoms with Crippen LogP contribution in [0.2, 0.25) is 10.0 Å². The molecule has 2 rings (SSSR count). The molecule has 0 fully saturated rings. The number of anilines is 1. The van der Waals surface area contributed by atoms with Crippen LogP contribution >= 0.6 is 39.1 Å². The second-order valence-corrected chi connectivity index (χ2v) is 5.50. The van der Waals surface area contributed by atoms with Gasteiger partial charge in [-0.3, -0.25) is 0 Å². The van der Waals surface area contributed by atoms with Crippen molar-refractivity contribution in [1.29, 1.82) is 0 Å². The molecule has 2 aromatic rings. The summed E-state index contributed by atoms with van der Waals surface area (Å²) < 4.78 is 6.08. The van der Waals surface area contributed by atoms with Gasteiger partial charge in [0.05, 0.1) is 22.8 Å². The number of halogens is 3. The summed E-state index contributed by atoms with van der Waals surface area (Å²) in [6.07, 6.45) is 0. The fraction of sp³-hybridized carbons (Fsp3) is 0.143. The van der Waals surface area contributed by atoms with E-state index in [1.54, 1.807) is 7.11 Å². The molecule has 0 spiro atoms. The summed E-state index contributed by atoms with van der Waals surface area (Å²) in [6, 6.07) is 11.6. The molecule has 0 aliphatic heterocycles. The van der Waals surface area contributed by atoms with Crippen LogP contribution in [0.1, 0.15) is 5.56 Å². The maximum atomic E-state index is 6.18. The number of hydrogen-bond acceptors (Lipinski definition) is 2. The quantitative estimate of drug-likeness (QED) is 0.739. The van der Waals surface area contributed by atoms with Crippen molar-refractivity contribution in [2.45, 2.75) is 6.54 Å². The molecule has 0 unspecified atom stereocenters. The van der Waals surface area contributed by atoms with Gasteiger partial charge in [-0.15, -0.1) is 0 Å². The van der Waals surface area contributed by atoms with E-state index in [-0.39, 0.29) is 0 Å². The Bertz CT molecular complexity index is 590. The lowest BCUT2D eigenvalue weighted by molar-refractivity contribution is 0.410. The zero-order valence-corrected chi connectivity index (χ0v) is 13.3. The SMILES string of the molecule is COc1ccccc1CNc1ccc(Br)c(Cl)c1Cl. The average molecular weight is 361 g/mol. The lowest BCUT2D eigenvalue weighted by atomic mass is 10.2. The molecule has 19 heavy (non-hydrogen) atoms. The molecular weight excluding hydrogens is 349 g/mol. The van der Waals surface area contributed by atoms with Crippen LogP contribution in [-0.4, -0.2) is 7.11 Å². The molecule has 0 saturated carbocycles. The van der Waals surface area contributed by atoms with Crippen molar-refractivity contribution in [3.8, 4) is 5.75 Å². The highest BCUT2D eigenvalue weighted by Gasteiger charge is 2.09. The Morgan fingerprint density at radius 3 is 2.58 bits per heavy atom. The third kappa shape index (κ3) is 3.35. The summed E-state index contributed by atoms with van der Waals surface area (Å²) in [6.45, 7) is 0.613. The van der Waals surface area contributed by atoms with E-state index < -0.39 is 0 Å². The molecule has 1 N–H and O–H groups in total. The molecule has 2 aromatic carbocycles. The maximum Gasteiger partial charge on any atom is 0.123 e. The van der Waals surface area contributed by atoms with Crippen LogP contribution in [0.15, 0.2) is 40.9 Å². The molecule has 0 atom stereocenters. The fourth-order valence-electron chi connectivity index (χ4n) is 1.70. The van der Waals surface area contributed by atoms with Gasteiger partial charge in [-0.05, 0) is 34.1 Å². The number of nitrogens with one attached hydrogen (secondary N) is 1. The standard InChI is InChI=1S/C14H12BrCl2NO/c1-19-12-5-3-2-4-9(12)8-18-11-7-6-10(15)13(16)14(11)17/h2-7,18H,8H2,1H3. The van der Waals surface area contributed by atoms with Crippen molar-refractivity contribution in [1.82, 2.24) is 0 Å². The molecule has 0 aliphatic carbocycles. The first kappa shape index (κ1) is 14.5. The van der Waals surface area contributed by atoms with E-state index in [2.05, 4.69) is 21.2 Å². The van der Waals surface area contributed by atoms with Crippen molar-refractivity contribution in [3.05, 3.63) is 56.5 Å². The predicted molar refractivity (Wildman–Crippen MR) is 84.5 cm³/mol. The van der Waals surface area contributed by atoms with Crippen LogP contribution in [0.25, 0.3) is 0 Å². The second kappa shape index (κ2) is 6.51. The van der Waals surface area contributed by atoms with Gasteiger partial charge in [0.25, 0.3) is 0 Å². The molecule has 0 heterocycles. The topological polar surface area (TPSA) is 21.3 Å². The van der Waals surface area contributed by atoms with Crippen LogP contribution in [0.5, 0.6) is 5.75 Å². The van der Waals surface area contributed by atoms with E-state index in [1.807, 2.05) is 36.4 Å². The highest BCUT2D eigenvalue weighted by atomic mass is 79.9. The highest BCUT2D eigenvalue weighted by molar-refractivity contribution is 9.10. The Hall–Kier alpha value is -0.900. The van der Waals surface area contributed by atoms with Crippen LogP contribution in [0.4, 0.5) is 5.69 Å². The van der Waals surface area contributed by atoms with Gasteiger partial charge in [0, 0.05) is 16.6 Å². The molecule has 100 valence electrons. The monoisotopic (exact) mass is 359 g/mol. The third-order valence-electron chi connectivity index (χ3n) is 2.70. The maximum absolute atomic E-state index is 6.18. The van der Waals surface area contributed by atoms with E-state index in [1.165, 1.54) is 0 Å². The molecule has 2 nitrogen and oxygen atoms in total. The summed E-state index contributed by atoms with van der Waals surface area (Å²) in [4.78, 5) is 0. The van der Waals surface area contributed by atoms with Crippen molar-refractivity contribution in [2.24, 2.45) is 0 Å². The Labute approximate surface area is 130 Å². The van der Waals surface area contributed by atoms with Crippen molar-refractivity contribution in [2.75, 3.05) is 12.4 Å². The fourth-order valence-corrected chi connectivity index (χ4v) is 2.54. The first-order valence-electron chi connectivity index (χ1n) is 5.62. The van der Waals surface area contributed by atoms with E-state index >= 15 is 0 Å². The third-order valence-corrected chi connectivity index (χ3v) is 4.47. The summed E-state index contributed by atoms with van der Waals surface area (Å²) >= 11 is 15.6.